The highest BCUT2D eigenvalue weighted by molar-refractivity contribution is 7.09. The highest BCUT2D eigenvalue weighted by atomic mass is 32.1. The number of hydrogen-bond donors (Lipinski definition) is 1. The Labute approximate surface area is 217 Å². The second kappa shape index (κ2) is 11.1. The van der Waals surface area contributed by atoms with Gasteiger partial charge in [-0.25, -0.2) is 4.68 Å². The average molecular weight is 525 g/mol. The van der Waals surface area contributed by atoms with Crippen molar-refractivity contribution in [2.24, 2.45) is 0 Å². The molecule has 4 heterocycles. The molecule has 0 amide bonds. The number of carbonyl (C=O) groups is 1. The predicted octanol–water partition coefficient (Wildman–Crippen LogP) is 3.06. The SMILES string of the molecule is CCOC(=O)Cn1nnnc1[C@@H](CC)N(Cc1cccs1)Cc1cc2cc3c(cc2[nH]c1=O)OCCO3. The Morgan fingerprint density at radius 2 is 2.03 bits per heavy atom. The number of thiophene rings is 1. The maximum Gasteiger partial charge on any atom is 0.327 e. The first-order valence-electron chi connectivity index (χ1n) is 12.2. The molecule has 4 aromatic rings. The zero-order valence-corrected chi connectivity index (χ0v) is 21.5. The standard InChI is InChI=1S/C25H28N6O5S/c1-3-20(24-27-28-29-31(24)15-23(32)34-4-2)30(14-18-6-5-9-37-18)13-17-10-16-11-21-22(36-8-7-35-21)12-19(16)26-25(17)33/h5-6,9-12,20H,3-4,7-8,13-15H2,1-2H3,(H,26,33)/t20-/m1/s1. The van der Waals surface area contributed by atoms with Gasteiger partial charge in [0.15, 0.2) is 17.3 Å². The second-order valence-corrected chi connectivity index (χ2v) is 9.65. The summed E-state index contributed by atoms with van der Waals surface area (Å²) in [6.45, 7) is 5.89. The number of H-pyrrole nitrogens is 1. The number of ether oxygens (including phenoxy) is 3. The molecule has 0 saturated heterocycles. The molecule has 5 rings (SSSR count). The molecule has 1 aliphatic rings. The number of aromatic amines is 1. The van der Waals surface area contributed by atoms with Crippen molar-refractivity contribution in [1.29, 1.82) is 0 Å². The summed E-state index contributed by atoms with van der Waals surface area (Å²) in [5.41, 5.74) is 1.11. The van der Waals surface area contributed by atoms with Crippen LogP contribution in [0.15, 0.2) is 40.5 Å². The molecule has 0 spiro atoms. The van der Waals surface area contributed by atoms with Crippen molar-refractivity contribution >= 4 is 28.2 Å². The molecule has 0 radical (unpaired) electrons. The number of pyridine rings is 1. The van der Waals surface area contributed by atoms with Crippen LogP contribution in [0, 0.1) is 0 Å². The molecule has 1 aliphatic heterocycles. The zero-order valence-electron chi connectivity index (χ0n) is 20.7. The lowest BCUT2D eigenvalue weighted by Crippen LogP contribution is -2.32. The summed E-state index contributed by atoms with van der Waals surface area (Å²) < 4.78 is 18.0. The van der Waals surface area contributed by atoms with Gasteiger partial charge in [0.25, 0.3) is 5.56 Å². The van der Waals surface area contributed by atoms with Crippen LogP contribution in [0.5, 0.6) is 11.5 Å². The summed E-state index contributed by atoms with van der Waals surface area (Å²) in [6.07, 6.45) is 0.665. The van der Waals surface area contributed by atoms with Crippen LogP contribution in [0.4, 0.5) is 0 Å². The van der Waals surface area contributed by atoms with Crippen LogP contribution in [0.3, 0.4) is 0 Å². The largest absolute Gasteiger partial charge is 0.486 e. The third-order valence-corrected chi connectivity index (χ3v) is 7.03. The molecule has 1 atom stereocenters. The molecule has 12 heteroatoms. The van der Waals surface area contributed by atoms with Gasteiger partial charge in [0.2, 0.25) is 0 Å². The van der Waals surface area contributed by atoms with E-state index in [1.807, 2.05) is 30.5 Å². The van der Waals surface area contributed by atoms with Crippen LogP contribution in [0.2, 0.25) is 0 Å². The summed E-state index contributed by atoms with van der Waals surface area (Å²) >= 11 is 1.64. The molecule has 0 bridgehead atoms. The van der Waals surface area contributed by atoms with Crippen LogP contribution >= 0.6 is 11.3 Å². The Hall–Kier alpha value is -3.77. The van der Waals surface area contributed by atoms with Crippen molar-refractivity contribution in [2.75, 3.05) is 19.8 Å². The molecule has 0 unspecified atom stereocenters. The van der Waals surface area contributed by atoms with Crippen molar-refractivity contribution in [1.82, 2.24) is 30.1 Å². The van der Waals surface area contributed by atoms with E-state index in [1.54, 1.807) is 24.3 Å². The molecule has 3 aromatic heterocycles. The Bertz CT molecular complexity index is 1430. The molecule has 11 nitrogen and oxygen atoms in total. The molecular formula is C25H28N6O5S. The van der Waals surface area contributed by atoms with Gasteiger partial charge in [-0.05, 0) is 47.4 Å². The lowest BCUT2D eigenvalue weighted by molar-refractivity contribution is -0.144. The van der Waals surface area contributed by atoms with E-state index in [-0.39, 0.29) is 24.8 Å². The van der Waals surface area contributed by atoms with Gasteiger partial charge in [-0.2, -0.15) is 0 Å². The quantitative estimate of drug-likeness (QED) is 0.312. The topological polar surface area (TPSA) is 124 Å². The van der Waals surface area contributed by atoms with Gasteiger partial charge in [0.1, 0.15) is 19.8 Å². The molecule has 37 heavy (non-hydrogen) atoms. The normalized spacial score (nSPS) is 13.7. The van der Waals surface area contributed by atoms with Crippen LogP contribution in [-0.4, -0.2) is 55.9 Å². The molecule has 0 aliphatic carbocycles. The van der Waals surface area contributed by atoms with E-state index in [0.717, 1.165) is 10.3 Å². The molecule has 1 aromatic carbocycles. The number of esters is 1. The number of nitrogens with one attached hydrogen (secondary N) is 1. The number of aromatic nitrogens is 5. The van der Waals surface area contributed by atoms with E-state index in [9.17, 15) is 9.59 Å². The van der Waals surface area contributed by atoms with Gasteiger partial charge in [0.05, 0.1) is 18.2 Å². The zero-order chi connectivity index (χ0) is 25.8. The first kappa shape index (κ1) is 24.9. The molecule has 0 fully saturated rings. The predicted molar refractivity (Wildman–Crippen MR) is 137 cm³/mol. The minimum Gasteiger partial charge on any atom is -0.486 e. The van der Waals surface area contributed by atoms with E-state index in [2.05, 4.69) is 31.5 Å². The van der Waals surface area contributed by atoms with Gasteiger partial charge in [-0.1, -0.05) is 13.0 Å². The first-order valence-corrected chi connectivity index (χ1v) is 13.1. The van der Waals surface area contributed by atoms with Gasteiger partial charge >= 0.3 is 5.97 Å². The maximum atomic E-state index is 13.2. The highest BCUT2D eigenvalue weighted by Crippen LogP contribution is 2.34. The number of rotatable bonds is 10. The fourth-order valence-corrected chi connectivity index (χ4v) is 5.23. The fraction of sp³-hybridized carbons (Fsp3) is 0.400. The third-order valence-electron chi connectivity index (χ3n) is 6.17. The van der Waals surface area contributed by atoms with Crippen LogP contribution in [-0.2, 0) is 29.2 Å². The maximum absolute atomic E-state index is 13.2. The number of carbonyl (C=O) groups excluding carboxylic acids is 1. The van der Waals surface area contributed by atoms with E-state index in [4.69, 9.17) is 14.2 Å². The number of hydrogen-bond acceptors (Lipinski definition) is 10. The van der Waals surface area contributed by atoms with Crippen LogP contribution in [0.25, 0.3) is 10.9 Å². The number of nitrogens with zero attached hydrogens (tertiary/aromatic N) is 5. The molecule has 194 valence electrons. The summed E-state index contributed by atoms with van der Waals surface area (Å²) in [5.74, 6) is 1.43. The second-order valence-electron chi connectivity index (χ2n) is 8.61. The van der Waals surface area contributed by atoms with Crippen molar-refractivity contribution in [3.8, 4) is 11.5 Å². The first-order chi connectivity index (χ1) is 18.1. The van der Waals surface area contributed by atoms with Crippen LogP contribution in [0.1, 0.15) is 42.6 Å². The molecule has 0 saturated carbocycles. The summed E-state index contributed by atoms with van der Waals surface area (Å²) in [4.78, 5) is 31.6. The highest BCUT2D eigenvalue weighted by Gasteiger charge is 2.27. The summed E-state index contributed by atoms with van der Waals surface area (Å²) in [5, 5.41) is 15.0. The minimum absolute atomic E-state index is 0.0801. The summed E-state index contributed by atoms with van der Waals surface area (Å²) in [7, 11) is 0. The van der Waals surface area contributed by atoms with Gasteiger partial charge in [-0.3, -0.25) is 14.5 Å². The Kier molecular flexibility index (Phi) is 7.47. The van der Waals surface area contributed by atoms with Crippen LogP contribution < -0.4 is 15.0 Å². The Morgan fingerprint density at radius 1 is 1.22 bits per heavy atom. The monoisotopic (exact) mass is 524 g/mol. The van der Waals surface area contributed by atoms with Gasteiger partial charge in [-0.15, -0.1) is 16.4 Å². The van der Waals surface area contributed by atoms with Gasteiger partial charge < -0.3 is 19.2 Å². The smallest absolute Gasteiger partial charge is 0.327 e. The van der Waals surface area contributed by atoms with E-state index in [1.165, 1.54) is 4.68 Å². The van der Waals surface area contributed by atoms with E-state index >= 15 is 0 Å². The van der Waals surface area contributed by atoms with Gasteiger partial charge in [0, 0.05) is 35.0 Å². The minimum atomic E-state index is -0.406. The van der Waals surface area contributed by atoms with Crippen molar-refractivity contribution in [2.45, 2.75) is 45.9 Å². The Balaban J connectivity index is 1.49. The van der Waals surface area contributed by atoms with E-state index < -0.39 is 5.97 Å². The van der Waals surface area contributed by atoms with E-state index in [0.29, 0.717) is 61.1 Å². The summed E-state index contributed by atoms with van der Waals surface area (Å²) in [6, 6.07) is 9.39. The number of tetrazole rings is 1. The average Bonchev–Trinajstić information content (AvgIpc) is 3.56. The number of benzene rings is 1. The lowest BCUT2D eigenvalue weighted by Gasteiger charge is -2.29. The third kappa shape index (κ3) is 5.49. The molecular weight excluding hydrogens is 496 g/mol. The molecule has 1 N–H and O–H groups in total. The van der Waals surface area contributed by atoms with Crippen molar-refractivity contribution in [3.05, 3.63) is 62.3 Å². The lowest BCUT2D eigenvalue weighted by atomic mass is 10.1. The fourth-order valence-electron chi connectivity index (χ4n) is 4.50. The van der Waals surface area contributed by atoms with Crippen molar-refractivity contribution < 1.29 is 19.0 Å². The Morgan fingerprint density at radius 3 is 2.76 bits per heavy atom. The van der Waals surface area contributed by atoms with Crippen molar-refractivity contribution in [3.63, 3.8) is 0 Å². The number of fused-ring (bicyclic) bond motifs is 2.